The van der Waals surface area contributed by atoms with Crippen molar-refractivity contribution in [1.82, 2.24) is 0 Å². The first-order valence-corrected chi connectivity index (χ1v) is 7.67. The number of carbonyl (C=O) groups excluding carboxylic acids is 3. The van der Waals surface area contributed by atoms with E-state index in [-0.39, 0.29) is 30.0 Å². The first kappa shape index (κ1) is 15.9. The molecule has 0 bridgehead atoms. The van der Waals surface area contributed by atoms with Crippen LogP contribution in [0.3, 0.4) is 0 Å². The Morgan fingerprint density at radius 3 is 2.42 bits per heavy atom. The summed E-state index contributed by atoms with van der Waals surface area (Å²) in [5.41, 5.74) is 2.69. The van der Waals surface area contributed by atoms with Crippen LogP contribution in [0.25, 0.3) is 0 Å². The third kappa shape index (κ3) is 3.06. The molecule has 1 N–H and O–H groups in total. The largest absolute Gasteiger partial charge is 0.485 e. The predicted molar refractivity (Wildman–Crippen MR) is 89.8 cm³/mol. The minimum Gasteiger partial charge on any atom is -0.485 e. The Balaban J connectivity index is 1.68. The monoisotopic (exact) mass is 323 g/mol. The number of amides is 1. The number of hydrogen-bond acceptors (Lipinski definition) is 4. The van der Waals surface area contributed by atoms with Gasteiger partial charge in [0.05, 0.1) is 5.92 Å². The maximum Gasteiger partial charge on any atom is 0.231 e. The number of nitrogens with one attached hydrogen (secondary N) is 1. The molecule has 1 atom stereocenters. The van der Waals surface area contributed by atoms with E-state index in [1.165, 1.54) is 6.92 Å². The molecule has 2 aromatic rings. The Labute approximate surface area is 139 Å². The average Bonchev–Trinajstić information content (AvgIpc) is 2.87. The van der Waals surface area contributed by atoms with Gasteiger partial charge in [-0.2, -0.15) is 0 Å². The van der Waals surface area contributed by atoms with Crippen LogP contribution < -0.4 is 10.1 Å². The molecule has 3 rings (SSSR count). The zero-order chi connectivity index (χ0) is 17.3. The van der Waals surface area contributed by atoms with Crippen LogP contribution in [0.15, 0.2) is 42.5 Å². The summed E-state index contributed by atoms with van der Waals surface area (Å²) in [5.74, 6) is 0.0250. The Hall–Kier alpha value is -2.95. The van der Waals surface area contributed by atoms with Crippen LogP contribution in [-0.4, -0.2) is 24.1 Å². The fourth-order valence-electron chi connectivity index (χ4n) is 2.61. The molecule has 0 aromatic heterocycles. The molecular weight excluding hydrogens is 306 g/mol. The van der Waals surface area contributed by atoms with Gasteiger partial charge in [0.15, 0.2) is 18.2 Å². The standard InChI is InChI=1S/C19H17NO4/c1-11-16-9-14(5-8-17(16)20-19(11)23)18(22)10-24-15-6-3-13(4-7-15)12(2)21/h3-9,11H,10H2,1-2H3,(H,20,23)/t11-/m0/s1. The molecule has 0 unspecified atom stereocenters. The van der Waals surface area contributed by atoms with E-state index in [1.807, 2.05) is 6.92 Å². The van der Waals surface area contributed by atoms with Crippen LogP contribution in [0.4, 0.5) is 5.69 Å². The van der Waals surface area contributed by atoms with Gasteiger partial charge in [0, 0.05) is 16.8 Å². The molecule has 122 valence electrons. The number of benzene rings is 2. The molecule has 24 heavy (non-hydrogen) atoms. The van der Waals surface area contributed by atoms with Crippen molar-refractivity contribution in [3.05, 3.63) is 59.2 Å². The lowest BCUT2D eigenvalue weighted by Crippen LogP contribution is -2.12. The molecule has 0 spiro atoms. The van der Waals surface area contributed by atoms with Gasteiger partial charge in [-0.05, 0) is 61.9 Å². The highest BCUT2D eigenvalue weighted by Gasteiger charge is 2.27. The number of Topliss-reactive ketones (excluding diaryl/α,β-unsaturated/α-hetero) is 2. The first-order chi connectivity index (χ1) is 11.5. The highest BCUT2D eigenvalue weighted by Crippen LogP contribution is 2.32. The highest BCUT2D eigenvalue weighted by atomic mass is 16.5. The van der Waals surface area contributed by atoms with Crippen molar-refractivity contribution in [2.45, 2.75) is 19.8 Å². The number of hydrogen-bond donors (Lipinski definition) is 1. The molecule has 0 saturated heterocycles. The van der Waals surface area contributed by atoms with Crippen molar-refractivity contribution < 1.29 is 19.1 Å². The molecule has 1 heterocycles. The molecule has 1 amide bonds. The number of rotatable bonds is 5. The van der Waals surface area contributed by atoms with Gasteiger partial charge in [-0.1, -0.05) is 0 Å². The highest BCUT2D eigenvalue weighted by molar-refractivity contribution is 6.05. The van der Waals surface area contributed by atoms with E-state index in [4.69, 9.17) is 4.74 Å². The first-order valence-electron chi connectivity index (χ1n) is 7.67. The zero-order valence-electron chi connectivity index (χ0n) is 13.5. The van der Waals surface area contributed by atoms with E-state index in [0.29, 0.717) is 16.9 Å². The van der Waals surface area contributed by atoms with Crippen LogP contribution in [0.1, 0.15) is 46.0 Å². The second-order valence-electron chi connectivity index (χ2n) is 5.81. The van der Waals surface area contributed by atoms with Crippen LogP contribution in [0.5, 0.6) is 5.75 Å². The lowest BCUT2D eigenvalue weighted by Gasteiger charge is -2.08. The molecule has 5 heteroatoms. The third-order valence-electron chi connectivity index (χ3n) is 4.12. The van der Waals surface area contributed by atoms with Gasteiger partial charge < -0.3 is 10.1 Å². The Morgan fingerprint density at radius 2 is 1.75 bits per heavy atom. The van der Waals surface area contributed by atoms with Crippen molar-refractivity contribution >= 4 is 23.2 Å². The van der Waals surface area contributed by atoms with Gasteiger partial charge in [0.2, 0.25) is 5.91 Å². The Kier molecular flexibility index (Phi) is 4.16. The fraction of sp³-hybridized carbons (Fsp3) is 0.211. The Bertz CT molecular complexity index is 824. The van der Waals surface area contributed by atoms with Crippen LogP contribution in [-0.2, 0) is 4.79 Å². The summed E-state index contributed by atoms with van der Waals surface area (Å²) < 4.78 is 5.48. The molecule has 1 aliphatic heterocycles. The number of fused-ring (bicyclic) bond motifs is 1. The summed E-state index contributed by atoms with van der Waals surface area (Å²) >= 11 is 0. The summed E-state index contributed by atoms with van der Waals surface area (Å²) in [4.78, 5) is 35.2. The SMILES string of the molecule is CC(=O)c1ccc(OCC(=O)c2ccc3c(c2)[C@H](C)C(=O)N3)cc1. The van der Waals surface area contributed by atoms with Crippen LogP contribution >= 0.6 is 0 Å². The van der Waals surface area contributed by atoms with Crippen molar-refractivity contribution in [3.8, 4) is 5.75 Å². The van der Waals surface area contributed by atoms with Gasteiger partial charge in [-0.15, -0.1) is 0 Å². The maximum absolute atomic E-state index is 12.3. The van der Waals surface area contributed by atoms with Gasteiger partial charge in [0.1, 0.15) is 5.75 Å². The summed E-state index contributed by atoms with van der Waals surface area (Å²) in [6.45, 7) is 3.20. The van der Waals surface area contributed by atoms with E-state index >= 15 is 0 Å². The van der Waals surface area contributed by atoms with Crippen LogP contribution in [0.2, 0.25) is 0 Å². The molecule has 0 fully saturated rings. The lowest BCUT2D eigenvalue weighted by molar-refractivity contribution is -0.116. The minimum absolute atomic E-state index is 0.0203. The predicted octanol–water partition coefficient (Wildman–Crippen LogP) is 3.21. The molecule has 0 saturated carbocycles. The van der Waals surface area contributed by atoms with E-state index < -0.39 is 0 Å². The second-order valence-corrected chi connectivity index (χ2v) is 5.81. The van der Waals surface area contributed by atoms with Crippen molar-refractivity contribution in [1.29, 1.82) is 0 Å². The van der Waals surface area contributed by atoms with E-state index in [1.54, 1.807) is 42.5 Å². The Morgan fingerprint density at radius 1 is 1.08 bits per heavy atom. The topological polar surface area (TPSA) is 72.5 Å². The smallest absolute Gasteiger partial charge is 0.231 e. The lowest BCUT2D eigenvalue weighted by atomic mass is 9.99. The molecular formula is C19H17NO4. The van der Waals surface area contributed by atoms with Gasteiger partial charge in [-0.3, -0.25) is 14.4 Å². The molecule has 5 nitrogen and oxygen atoms in total. The summed E-state index contributed by atoms with van der Waals surface area (Å²) in [7, 11) is 0. The van der Waals surface area contributed by atoms with Crippen molar-refractivity contribution in [2.75, 3.05) is 11.9 Å². The van der Waals surface area contributed by atoms with E-state index in [9.17, 15) is 14.4 Å². The molecule has 2 aromatic carbocycles. The maximum atomic E-state index is 12.3. The number of anilines is 1. The van der Waals surface area contributed by atoms with Gasteiger partial charge in [-0.25, -0.2) is 0 Å². The zero-order valence-corrected chi connectivity index (χ0v) is 13.5. The third-order valence-corrected chi connectivity index (χ3v) is 4.12. The summed E-state index contributed by atoms with van der Waals surface area (Å²) in [5, 5.41) is 2.78. The second kappa shape index (κ2) is 6.28. The summed E-state index contributed by atoms with van der Waals surface area (Å²) in [6.07, 6.45) is 0. The van der Waals surface area contributed by atoms with Gasteiger partial charge in [0.25, 0.3) is 0 Å². The van der Waals surface area contributed by atoms with Crippen LogP contribution in [0, 0.1) is 0 Å². The van der Waals surface area contributed by atoms with Gasteiger partial charge >= 0.3 is 0 Å². The molecule has 0 aliphatic carbocycles. The van der Waals surface area contributed by atoms with Crippen molar-refractivity contribution in [2.24, 2.45) is 0 Å². The fourth-order valence-corrected chi connectivity index (χ4v) is 2.61. The number of ketones is 2. The minimum atomic E-state index is -0.257. The van der Waals surface area contributed by atoms with Crippen molar-refractivity contribution in [3.63, 3.8) is 0 Å². The summed E-state index contributed by atoms with van der Waals surface area (Å²) in [6, 6.07) is 11.8. The van der Waals surface area contributed by atoms with E-state index in [0.717, 1.165) is 11.3 Å². The molecule has 0 radical (unpaired) electrons. The van der Waals surface area contributed by atoms with E-state index in [2.05, 4.69) is 5.32 Å². The molecule has 1 aliphatic rings. The average molecular weight is 323 g/mol. The number of carbonyl (C=O) groups is 3. The normalized spacial score (nSPS) is 15.6. The quantitative estimate of drug-likeness (QED) is 0.858. The number of ether oxygens (including phenoxy) is 1.